The predicted octanol–water partition coefficient (Wildman–Crippen LogP) is 1.86. The fraction of sp³-hybridized carbons (Fsp3) is 1.00. The zero-order chi connectivity index (χ0) is 9.68. The molecule has 0 aromatic heterocycles. The Bertz CT molecular complexity index is 128. The number of hydrogen-bond donors (Lipinski definition) is 1. The standard InChI is InChI=1S/C11H24N2/c1-10(8-9-13(2)3)12-11-6-4-5-7-11/h10-12H,4-9H2,1-3H3. The van der Waals surface area contributed by atoms with Gasteiger partial charge in [0.1, 0.15) is 0 Å². The maximum atomic E-state index is 3.71. The van der Waals surface area contributed by atoms with Crippen molar-refractivity contribution >= 4 is 0 Å². The molecule has 0 aliphatic heterocycles. The summed E-state index contributed by atoms with van der Waals surface area (Å²) in [5.41, 5.74) is 0. The van der Waals surface area contributed by atoms with Crippen LogP contribution in [-0.4, -0.2) is 37.6 Å². The molecule has 1 saturated carbocycles. The van der Waals surface area contributed by atoms with Gasteiger partial charge in [0.25, 0.3) is 0 Å². The summed E-state index contributed by atoms with van der Waals surface area (Å²) < 4.78 is 0. The Morgan fingerprint density at radius 1 is 1.31 bits per heavy atom. The Hall–Kier alpha value is -0.0800. The lowest BCUT2D eigenvalue weighted by Crippen LogP contribution is -2.36. The second-order valence-corrected chi connectivity index (χ2v) is 4.64. The molecule has 0 aromatic rings. The van der Waals surface area contributed by atoms with Gasteiger partial charge in [0.05, 0.1) is 0 Å². The summed E-state index contributed by atoms with van der Waals surface area (Å²) in [6, 6.07) is 1.50. The van der Waals surface area contributed by atoms with Gasteiger partial charge in [0.15, 0.2) is 0 Å². The lowest BCUT2D eigenvalue weighted by molar-refractivity contribution is 0.349. The Labute approximate surface area is 82.7 Å². The fourth-order valence-corrected chi connectivity index (χ4v) is 2.03. The molecule has 0 bridgehead atoms. The van der Waals surface area contributed by atoms with E-state index in [1.165, 1.54) is 38.6 Å². The highest BCUT2D eigenvalue weighted by molar-refractivity contribution is 4.76. The highest BCUT2D eigenvalue weighted by Crippen LogP contribution is 2.18. The van der Waals surface area contributed by atoms with Crippen molar-refractivity contribution in [3.8, 4) is 0 Å². The Balaban J connectivity index is 2.05. The molecule has 2 heteroatoms. The number of rotatable bonds is 5. The van der Waals surface area contributed by atoms with Crippen molar-refractivity contribution in [2.75, 3.05) is 20.6 Å². The van der Waals surface area contributed by atoms with E-state index < -0.39 is 0 Å². The van der Waals surface area contributed by atoms with Gasteiger partial charge in [-0.3, -0.25) is 0 Å². The first-order valence-electron chi connectivity index (χ1n) is 5.59. The van der Waals surface area contributed by atoms with E-state index in [1.54, 1.807) is 0 Å². The summed E-state index contributed by atoms with van der Waals surface area (Å²) in [6.07, 6.45) is 6.91. The quantitative estimate of drug-likeness (QED) is 0.701. The Morgan fingerprint density at radius 2 is 1.92 bits per heavy atom. The molecule has 1 unspecified atom stereocenters. The SMILES string of the molecule is CC(CCN(C)C)NC1CCCC1. The van der Waals surface area contributed by atoms with Gasteiger partial charge < -0.3 is 10.2 Å². The number of nitrogens with one attached hydrogen (secondary N) is 1. The van der Waals surface area contributed by atoms with Gasteiger partial charge in [-0.2, -0.15) is 0 Å². The molecule has 1 N–H and O–H groups in total. The zero-order valence-electron chi connectivity index (χ0n) is 9.34. The van der Waals surface area contributed by atoms with Gasteiger partial charge >= 0.3 is 0 Å². The van der Waals surface area contributed by atoms with Crippen LogP contribution in [0.1, 0.15) is 39.0 Å². The van der Waals surface area contributed by atoms with Gasteiger partial charge in [-0.15, -0.1) is 0 Å². The van der Waals surface area contributed by atoms with Crippen LogP contribution in [-0.2, 0) is 0 Å². The number of hydrogen-bond acceptors (Lipinski definition) is 2. The van der Waals surface area contributed by atoms with Gasteiger partial charge in [-0.1, -0.05) is 12.8 Å². The summed E-state index contributed by atoms with van der Waals surface area (Å²) in [6.45, 7) is 3.50. The van der Waals surface area contributed by atoms with E-state index in [1.807, 2.05) is 0 Å². The Kier molecular flexibility index (Phi) is 4.74. The van der Waals surface area contributed by atoms with Crippen LogP contribution in [0, 0.1) is 0 Å². The minimum absolute atomic E-state index is 0.686. The van der Waals surface area contributed by atoms with Crippen LogP contribution in [0.4, 0.5) is 0 Å². The third-order valence-electron chi connectivity index (χ3n) is 2.88. The maximum Gasteiger partial charge on any atom is 0.00695 e. The van der Waals surface area contributed by atoms with Gasteiger partial charge in [0.2, 0.25) is 0 Å². The van der Waals surface area contributed by atoms with Crippen molar-refractivity contribution in [3.63, 3.8) is 0 Å². The average Bonchev–Trinajstić information content (AvgIpc) is 2.53. The maximum absolute atomic E-state index is 3.71. The van der Waals surface area contributed by atoms with Crippen molar-refractivity contribution in [3.05, 3.63) is 0 Å². The van der Waals surface area contributed by atoms with E-state index in [9.17, 15) is 0 Å². The molecule has 0 heterocycles. The topological polar surface area (TPSA) is 15.3 Å². The van der Waals surface area contributed by atoms with Crippen molar-refractivity contribution in [2.24, 2.45) is 0 Å². The summed E-state index contributed by atoms with van der Waals surface area (Å²) >= 11 is 0. The predicted molar refractivity (Wildman–Crippen MR) is 58.0 cm³/mol. The van der Waals surface area contributed by atoms with Crippen LogP contribution < -0.4 is 5.32 Å². The Morgan fingerprint density at radius 3 is 2.46 bits per heavy atom. The first kappa shape index (κ1) is 11.0. The van der Waals surface area contributed by atoms with Crippen molar-refractivity contribution in [1.29, 1.82) is 0 Å². The van der Waals surface area contributed by atoms with E-state index in [0.717, 1.165) is 6.04 Å². The molecule has 1 rings (SSSR count). The first-order chi connectivity index (χ1) is 6.18. The van der Waals surface area contributed by atoms with Crippen molar-refractivity contribution < 1.29 is 0 Å². The molecule has 0 spiro atoms. The van der Waals surface area contributed by atoms with Crippen LogP contribution in [0.15, 0.2) is 0 Å². The molecule has 2 nitrogen and oxygen atoms in total. The van der Waals surface area contributed by atoms with Crippen LogP contribution in [0.3, 0.4) is 0 Å². The third-order valence-corrected chi connectivity index (χ3v) is 2.88. The zero-order valence-corrected chi connectivity index (χ0v) is 9.34. The molecule has 1 atom stereocenters. The van der Waals surface area contributed by atoms with Crippen LogP contribution >= 0.6 is 0 Å². The average molecular weight is 184 g/mol. The molecule has 1 aliphatic carbocycles. The molecule has 0 radical (unpaired) electrons. The largest absolute Gasteiger partial charge is 0.311 e. The second kappa shape index (κ2) is 5.61. The minimum Gasteiger partial charge on any atom is -0.311 e. The molecular formula is C11H24N2. The van der Waals surface area contributed by atoms with Crippen molar-refractivity contribution in [2.45, 2.75) is 51.1 Å². The van der Waals surface area contributed by atoms with E-state index in [2.05, 4.69) is 31.2 Å². The van der Waals surface area contributed by atoms with E-state index >= 15 is 0 Å². The summed E-state index contributed by atoms with van der Waals surface area (Å²) in [5, 5.41) is 3.71. The normalized spacial score (nSPS) is 21.2. The van der Waals surface area contributed by atoms with Crippen LogP contribution in [0.5, 0.6) is 0 Å². The van der Waals surface area contributed by atoms with E-state index in [0.29, 0.717) is 6.04 Å². The monoisotopic (exact) mass is 184 g/mol. The molecular weight excluding hydrogens is 160 g/mol. The fourth-order valence-electron chi connectivity index (χ4n) is 2.03. The van der Waals surface area contributed by atoms with Crippen molar-refractivity contribution in [1.82, 2.24) is 10.2 Å². The summed E-state index contributed by atoms with van der Waals surface area (Å²) in [4.78, 5) is 2.26. The molecule has 78 valence electrons. The highest BCUT2D eigenvalue weighted by Gasteiger charge is 2.16. The first-order valence-corrected chi connectivity index (χ1v) is 5.59. The summed E-state index contributed by atoms with van der Waals surface area (Å²) in [7, 11) is 4.28. The number of nitrogens with zero attached hydrogens (tertiary/aromatic N) is 1. The van der Waals surface area contributed by atoms with Gasteiger partial charge in [-0.05, 0) is 46.8 Å². The molecule has 1 fully saturated rings. The molecule has 1 aliphatic rings. The highest BCUT2D eigenvalue weighted by atomic mass is 15.1. The van der Waals surface area contributed by atoms with Gasteiger partial charge in [-0.25, -0.2) is 0 Å². The smallest absolute Gasteiger partial charge is 0.00695 e. The lowest BCUT2D eigenvalue weighted by atomic mass is 10.1. The van der Waals surface area contributed by atoms with E-state index in [4.69, 9.17) is 0 Å². The van der Waals surface area contributed by atoms with Crippen LogP contribution in [0.2, 0.25) is 0 Å². The molecule has 0 saturated heterocycles. The molecule has 13 heavy (non-hydrogen) atoms. The molecule has 0 aromatic carbocycles. The minimum atomic E-state index is 0.686. The second-order valence-electron chi connectivity index (χ2n) is 4.64. The third kappa shape index (κ3) is 4.63. The van der Waals surface area contributed by atoms with Gasteiger partial charge in [0, 0.05) is 12.1 Å². The summed E-state index contributed by atoms with van der Waals surface area (Å²) in [5.74, 6) is 0. The lowest BCUT2D eigenvalue weighted by Gasteiger charge is -2.20. The van der Waals surface area contributed by atoms with E-state index in [-0.39, 0.29) is 0 Å². The van der Waals surface area contributed by atoms with Crippen LogP contribution in [0.25, 0.3) is 0 Å². The molecule has 0 amide bonds.